The van der Waals surface area contributed by atoms with E-state index in [1.165, 1.54) is 5.56 Å². The Kier molecular flexibility index (Phi) is 6.54. The van der Waals surface area contributed by atoms with Gasteiger partial charge in [-0.05, 0) is 29.4 Å². The zero-order chi connectivity index (χ0) is 16.1. The predicted molar refractivity (Wildman–Crippen MR) is 79.8 cm³/mol. The van der Waals surface area contributed by atoms with Crippen LogP contribution in [0.1, 0.15) is 50.1 Å². The van der Waals surface area contributed by atoms with Crippen LogP contribution in [0.3, 0.4) is 0 Å². The fourth-order valence-corrected chi connectivity index (χ4v) is 2.12. The Labute approximate surface area is 129 Å². The lowest BCUT2D eigenvalue weighted by atomic mass is 9.82. The fourth-order valence-electron chi connectivity index (χ4n) is 1.89. The molecule has 0 saturated carbocycles. The molecule has 1 aromatic rings. The van der Waals surface area contributed by atoms with Crippen molar-refractivity contribution in [2.24, 2.45) is 0 Å². The second-order valence-corrected chi connectivity index (χ2v) is 6.31. The van der Waals surface area contributed by atoms with Crippen molar-refractivity contribution in [3.63, 3.8) is 0 Å². The summed E-state index contributed by atoms with van der Waals surface area (Å²) in [7, 11) is 0. The molecule has 120 valence electrons. The minimum atomic E-state index is -4.28. The third-order valence-electron chi connectivity index (χ3n) is 3.72. The Morgan fingerprint density at radius 3 is 2.19 bits per heavy atom. The lowest BCUT2D eigenvalue weighted by molar-refractivity contribution is -0.174. The lowest BCUT2D eigenvalue weighted by Gasteiger charge is -2.23. The van der Waals surface area contributed by atoms with Crippen LogP contribution < -0.4 is 0 Å². The summed E-state index contributed by atoms with van der Waals surface area (Å²) in [6.07, 6.45) is -2.90. The first-order valence-electron chi connectivity index (χ1n) is 7.05. The van der Waals surface area contributed by atoms with Gasteiger partial charge < -0.3 is 4.74 Å². The number of hydrogen-bond donors (Lipinski definition) is 0. The second kappa shape index (κ2) is 7.50. The van der Waals surface area contributed by atoms with Crippen LogP contribution in [0, 0.1) is 0 Å². The molecule has 0 fully saturated rings. The highest BCUT2D eigenvalue weighted by molar-refractivity contribution is 6.20. The van der Waals surface area contributed by atoms with Crippen molar-refractivity contribution in [1.82, 2.24) is 0 Å². The number of ether oxygens (including phenoxy) is 1. The highest BCUT2D eigenvalue weighted by Gasteiger charge is 2.27. The summed E-state index contributed by atoms with van der Waals surface area (Å²) in [6, 6.07) is 7.94. The topological polar surface area (TPSA) is 9.23 Å². The molecule has 5 heteroatoms. The van der Waals surface area contributed by atoms with Gasteiger partial charge in [-0.3, -0.25) is 0 Å². The van der Waals surface area contributed by atoms with Gasteiger partial charge in [-0.15, -0.1) is 11.6 Å². The zero-order valence-corrected chi connectivity index (χ0v) is 13.4. The number of rotatable bonds is 7. The summed E-state index contributed by atoms with van der Waals surface area (Å²) in [6.45, 7) is 5.25. The first kappa shape index (κ1) is 18.3. The Hall–Kier alpha value is -0.740. The first-order valence-corrected chi connectivity index (χ1v) is 7.48. The van der Waals surface area contributed by atoms with Crippen LogP contribution in [0.2, 0.25) is 0 Å². The normalized spacial score (nSPS) is 14.2. The molecule has 0 bridgehead atoms. The van der Waals surface area contributed by atoms with Crippen LogP contribution in [-0.4, -0.2) is 19.4 Å². The van der Waals surface area contributed by atoms with Crippen molar-refractivity contribution >= 4 is 11.6 Å². The van der Waals surface area contributed by atoms with E-state index in [0.717, 1.165) is 12.0 Å². The molecule has 0 aliphatic rings. The second-order valence-electron chi connectivity index (χ2n) is 5.78. The summed E-state index contributed by atoms with van der Waals surface area (Å²) in [4.78, 5) is 0. The molecule has 1 rings (SSSR count). The number of halogens is 4. The Morgan fingerprint density at radius 1 is 1.14 bits per heavy atom. The minimum absolute atomic E-state index is 0.00409. The van der Waals surface area contributed by atoms with Crippen molar-refractivity contribution in [1.29, 1.82) is 0 Å². The molecule has 0 N–H and O–H groups in total. The molecule has 1 aromatic carbocycles. The van der Waals surface area contributed by atoms with Gasteiger partial charge in [-0.2, -0.15) is 13.2 Å². The van der Waals surface area contributed by atoms with Gasteiger partial charge in [-0.25, -0.2) is 0 Å². The largest absolute Gasteiger partial charge is 0.411 e. The SMILES string of the molecule is CCC(C)(C)c1ccc(C(Cl)CCOCC(F)(F)F)cc1. The van der Waals surface area contributed by atoms with Gasteiger partial charge in [-0.1, -0.05) is 45.0 Å². The molecule has 0 aromatic heterocycles. The molecule has 0 saturated heterocycles. The molecule has 1 unspecified atom stereocenters. The highest BCUT2D eigenvalue weighted by atomic mass is 35.5. The van der Waals surface area contributed by atoms with Crippen molar-refractivity contribution in [2.45, 2.75) is 50.6 Å². The first-order chi connectivity index (χ1) is 9.65. The Balaban J connectivity index is 2.50. The Bertz CT molecular complexity index is 426. The van der Waals surface area contributed by atoms with Crippen LogP contribution in [0.4, 0.5) is 13.2 Å². The van der Waals surface area contributed by atoms with Gasteiger partial charge in [0.15, 0.2) is 0 Å². The molecular weight excluding hydrogens is 301 g/mol. The summed E-state index contributed by atoms with van der Waals surface area (Å²) in [5.74, 6) is 0. The van der Waals surface area contributed by atoms with Crippen LogP contribution in [0.15, 0.2) is 24.3 Å². The summed E-state index contributed by atoms with van der Waals surface area (Å²) >= 11 is 6.20. The third-order valence-corrected chi connectivity index (χ3v) is 4.19. The molecule has 1 nitrogen and oxygen atoms in total. The highest BCUT2D eigenvalue weighted by Crippen LogP contribution is 2.30. The summed E-state index contributed by atoms with van der Waals surface area (Å²) < 4.78 is 40.4. The minimum Gasteiger partial charge on any atom is -0.372 e. The van der Waals surface area contributed by atoms with E-state index in [2.05, 4.69) is 25.5 Å². The van der Waals surface area contributed by atoms with Gasteiger partial charge >= 0.3 is 6.18 Å². The molecule has 0 heterocycles. The van der Waals surface area contributed by atoms with E-state index in [1.54, 1.807) is 0 Å². The van der Waals surface area contributed by atoms with Crippen molar-refractivity contribution < 1.29 is 17.9 Å². The van der Waals surface area contributed by atoms with E-state index in [1.807, 2.05) is 24.3 Å². The van der Waals surface area contributed by atoms with Gasteiger partial charge in [0.2, 0.25) is 0 Å². The standard InChI is InChI=1S/C16H22ClF3O/c1-4-15(2,3)13-7-5-12(6-8-13)14(17)9-10-21-11-16(18,19)20/h5-8,14H,4,9-11H2,1-3H3. The smallest absolute Gasteiger partial charge is 0.372 e. The lowest BCUT2D eigenvalue weighted by Crippen LogP contribution is -2.17. The van der Waals surface area contributed by atoms with E-state index in [0.29, 0.717) is 6.42 Å². The van der Waals surface area contributed by atoms with Crippen LogP contribution in [-0.2, 0) is 10.2 Å². The predicted octanol–water partition coefficient (Wildman–Crippen LogP) is 5.62. The average Bonchev–Trinajstić information content (AvgIpc) is 2.42. The maximum atomic E-state index is 11.9. The maximum Gasteiger partial charge on any atom is 0.411 e. The molecule has 0 spiro atoms. The van der Waals surface area contributed by atoms with Gasteiger partial charge in [0.05, 0.1) is 5.38 Å². The van der Waals surface area contributed by atoms with Crippen molar-refractivity contribution in [3.05, 3.63) is 35.4 Å². The summed E-state index contributed by atoms with van der Waals surface area (Å²) in [5.41, 5.74) is 2.24. The number of benzene rings is 1. The third kappa shape index (κ3) is 6.27. The van der Waals surface area contributed by atoms with Crippen LogP contribution in [0.25, 0.3) is 0 Å². The van der Waals surface area contributed by atoms with E-state index < -0.39 is 12.8 Å². The van der Waals surface area contributed by atoms with Crippen LogP contribution >= 0.6 is 11.6 Å². The van der Waals surface area contributed by atoms with Crippen molar-refractivity contribution in [2.75, 3.05) is 13.2 Å². The van der Waals surface area contributed by atoms with Gasteiger partial charge in [0, 0.05) is 6.61 Å². The maximum absolute atomic E-state index is 11.9. The molecular formula is C16H22ClF3O. The molecule has 21 heavy (non-hydrogen) atoms. The van der Waals surface area contributed by atoms with Crippen molar-refractivity contribution in [3.8, 4) is 0 Å². The van der Waals surface area contributed by atoms with E-state index in [4.69, 9.17) is 11.6 Å². The number of alkyl halides is 4. The molecule has 0 amide bonds. The van der Waals surface area contributed by atoms with E-state index >= 15 is 0 Å². The average molecular weight is 323 g/mol. The monoisotopic (exact) mass is 322 g/mol. The van der Waals surface area contributed by atoms with E-state index in [9.17, 15) is 13.2 Å². The fraction of sp³-hybridized carbons (Fsp3) is 0.625. The van der Waals surface area contributed by atoms with E-state index in [-0.39, 0.29) is 17.4 Å². The number of hydrogen-bond acceptors (Lipinski definition) is 1. The summed E-state index contributed by atoms with van der Waals surface area (Å²) in [5, 5.41) is -0.336. The quantitative estimate of drug-likeness (QED) is 0.467. The zero-order valence-electron chi connectivity index (χ0n) is 12.6. The van der Waals surface area contributed by atoms with Crippen LogP contribution in [0.5, 0.6) is 0 Å². The molecule has 0 aliphatic carbocycles. The molecule has 1 atom stereocenters. The van der Waals surface area contributed by atoms with Gasteiger partial charge in [0.1, 0.15) is 6.61 Å². The molecule has 0 aliphatic heterocycles. The van der Waals surface area contributed by atoms with Gasteiger partial charge in [0.25, 0.3) is 0 Å². The Morgan fingerprint density at radius 2 is 1.71 bits per heavy atom. The molecule has 0 radical (unpaired) electrons.